The summed E-state index contributed by atoms with van der Waals surface area (Å²) >= 11 is 0. The molecule has 1 aliphatic rings. The summed E-state index contributed by atoms with van der Waals surface area (Å²) < 4.78 is 27.9. The van der Waals surface area contributed by atoms with Gasteiger partial charge in [0.05, 0.1) is 72.6 Å². The molecule has 0 bridgehead atoms. The van der Waals surface area contributed by atoms with Gasteiger partial charge >= 0.3 is 0 Å². The molecule has 0 spiro atoms. The Morgan fingerprint density at radius 3 is 1.85 bits per heavy atom. The molecule has 1 fully saturated rings. The molecule has 3 rings (SSSR count). The van der Waals surface area contributed by atoms with Crippen LogP contribution in [0.3, 0.4) is 0 Å². The van der Waals surface area contributed by atoms with Crippen molar-refractivity contribution in [3.05, 3.63) is 35.7 Å². The van der Waals surface area contributed by atoms with Gasteiger partial charge < -0.3 is 23.7 Å². The smallest absolute Gasteiger partial charge is 0.203 e. The molecule has 0 N–H and O–H groups in total. The monoisotopic (exact) mass is 641 g/mol. The van der Waals surface area contributed by atoms with E-state index in [0.717, 1.165) is 42.0 Å². The lowest BCUT2D eigenvalue weighted by Crippen LogP contribution is -2.18. The van der Waals surface area contributed by atoms with Crippen LogP contribution in [0.5, 0.6) is 0 Å². The number of aryl methyl sites for hydroxylation is 1. The zero-order valence-electron chi connectivity index (χ0n) is 28.3. The molecule has 1 aliphatic carbocycles. The van der Waals surface area contributed by atoms with Gasteiger partial charge in [0.25, 0.3) is 0 Å². The summed E-state index contributed by atoms with van der Waals surface area (Å²) in [7, 11) is 0. The van der Waals surface area contributed by atoms with Crippen molar-refractivity contribution in [1.29, 1.82) is 0 Å². The Labute approximate surface area is 275 Å². The van der Waals surface area contributed by atoms with Crippen molar-refractivity contribution >= 4 is 11.5 Å². The SMILES string of the molecule is CCC(CCC1CCCC1)C(=O)CCOCCOCCOCCOCCOCCC(C)=NCc1ccc(-c2nnc(C)nn2)cc1. The lowest BCUT2D eigenvalue weighted by molar-refractivity contribution is -0.124. The van der Waals surface area contributed by atoms with Crippen LogP contribution >= 0.6 is 0 Å². The first-order valence-corrected chi connectivity index (χ1v) is 17.1. The van der Waals surface area contributed by atoms with Gasteiger partial charge in [-0.2, -0.15) is 0 Å². The van der Waals surface area contributed by atoms with Crippen LogP contribution in [0, 0.1) is 18.8 Å². The third kappa shape index (κ3) is 16.2. The Hall–Kier alpha value is -2.70. The fraction of sp³-hybridized carbons (Fsp3) is 0.714. The Bertz CT molecular complexity index is 1110. The number of hydrogen-bond donors (Lipinski definition) is 0. The normalized spacial score (nSPS) is 14.6. The molecule has 0 aliphatic heterocycles. The van der Waals surface area contributed by atoms with Gasteiger partial charge in [0.2, 0.25) is 5.82 Å². The van der Waals surface area contributed by atoms with Crippen molar-refractivity contribution < 1.29 is 28.5 Å². The highest BCUT2D eigenvalue weighted by molar-refractivity contribution is 5.82. The van der Waals surface area contributed by atoms with Crippen LogP contribution in [0.15, 0.2) is 29.3 Å². The minimum atomic E-state index is 0.198. The zero-order valence-corrected chi connectivity index (χ0v) is 28.3. The fourth-order valence-corrected chi connectivity index (χ4v) is 5.37. The minimum Gasteiger partial charge on any atom is -0.379 e. The second-order valence-corrected chi connectivity index (χ2v) is 11.9. The van der Waals surface area contributed by atoms with E-state index in [4.69, 9.17) is 23.7 Å². The number of hydrogen-bond acceptors (Lipinski definition) is 11. The number of Topliss-reactive ketones (excluding diaryl/α,β-unsaturated/α-hetero) is 1. The summed E-state index contributed by atoms with van der Waals surface area (Å²) in [6.07, 6.45) is 9.90. The third-order valence-electron chi connectivity index (χ3n) is 8.26. The molecule has 1 unspecified atom stereocenters. The van der Waals surface area contributed by atoms with Gasteiger partial charge in [0.15, 0.2) is 5.82 Å². The number of benzene rings is 1. The molecule has 0 radical (unpaired) electrons. The highest BCUT2D eigenvalue weighted by Crippen LogP contribution is 2.30. The molecule has 11 nitrogen and oxygen atoms in total. The number of aliphatic imine (C=N–C) groups is 1. The molecular formula is C35H55N5O6. The van der Waals surface area contributed by atoms with E-state index < -0.39 is 0 Å². The first kappa shape index (κ1) is 37.8. The Kier molecular flexibility index (Phi) is 19.4. The van der Waals surface area contributed by atoms with Crippen LogP contribution in [0.25, 0.3) is 11.4 Å². The van der Waals surface area contributed by atoms with Crippen LogP contribution < -0.4 is 0 Å². The number of ether oxygens (including phenoxy) is 5. The molecule has 256 valence electrons. The number of carbonyl (C=O) groups excluding carboxylic acids is 1. The molecule has 1 atom stereocenters. The molecule has 0 amide bonds. The van der Waals surface area contributed by atoms with E-state index in [9.17, 15) is 4.79 Å². The average Bonchev–Trinajstić information content (AvgIpc) is 3.60. The van der Waals surface area contributed by atoms with Crippen LogP contribution in [-0.2, 0) is 35.0 Å². The van der Waals surface area contributed by atoms with Crippen molar-refractivity contribution in [2.45, 2.75) is 85.1 Å². The highest BCUT2D eigenvalue weighted by Gasteiger charge is 2.20. The van der Waals surface area contributed by atoms with E-state index >= 15 is 0 Å². The van der Waals surface area contributed by atoms with Crippen LogP contribution in [0.4, 0.5) is 0 Å². The molecule has 2 aromatic rings. The van der Waals surface area contributed by atoms with Gasteiger partial charge in [-0.05, 0) is 44.6 Å². The predicted octanol–water partition coefficient (Wildman–Crippen LogP) is 5.63. The quantitative estimate of drug-likeness (QED) is 0.0942. The number of aromatic nitrogens is 4. The molecular weight excluding hydrogens is 586 g/mol. The van der Waals surface area contributed by atoms with Gasteiger partial charge in [0.1, 0.15) is 5.78 Å². The third-order valence-corrected chi connectivity index (χ3v) is 8.26. The van der Waals surface area contributed by atoms with Gasteiger partial charge in [-0.1, -0.05) is 56.9 Å². The van der Waals surface area contributed by atoms with E-state index in [0.29, 0.717) is 96.5 Å². The minimum absolute atomic E-state index is 0.198. The molecule has 1 saturated carbocycles. The molecule has 1 aromatic heterocycles. The Balaban J connectivity index is 1.06. The molecule has 0 saturated heterocycles. The van der Waals surface area contributed by atoms with Gasteiger partial charge in [-0.3, -0.25) is 9.79 Å². The van der Waals surface area contributed by atoms with E-state index in [-0.39, 0.29) is 5.92 Å². The molecule has 1 heterocycles. The van der Waals surface area contributed by atoms with Gasteiger partial charge in [-0.15, -0.1) is 20.4 Å². The summed E-state index contributed by atoms with van der Waals surface area (Å²) in [5, 5.41) is 16.0. The summed E-state index contributed by atoms with van der Waals surface area (Å²) in [5.74, 6) is 2.46. The fourth-order valence-electron chi connectivity index (χ4n) is 5.37. The second kappa shape index (κ2) is 23.6. The number of carbonyl (C=O) groups is 1. The van der Waals surface area contributed by atoms with E-state index in [2.05, 4.69) is 32.3 Å². The standard InChI is InChI=1S/C35H55N5O6/c1-4-32(12-9-30-7-5-6-8-30)34(41)16-18-43-20-22-45-24-26-46-25-23-44-21-19-42-17-15-28(2)36-27-31-10-13-33(14-11-31)35-39-37-29(3)38-40-35/h10-11,13-14,30,32H,4-9,12,15-27H2,1-3H3. The molecule has 11 heteroatoms. The maximum Gasteiger partial charge on any atom is 0.203 e. The van der Waals surface area contributed by atoms with Crippen LogP contribution in [0.2, 0.25) is 0 Å². The van der Waals surface area contributed by atoms with Crippen LogP contribution in [0.1, 0.15) is 83.0 Å². The van der Waals surface area contributed by atoms with E-state index in [1.807, 2.05) is 31.2 Å². The lowest BCUT2D eigenvalue weighted by atomic mass is 9.89. The van der Waals surface area contributed by atoms with E-state index in [1.54, 1.807) is 6.92 Å². The van der Waals surface area contributed by atoms with Crippen molar-refractivity contribution in [2.75, 3.05) is 66.1 Å². The number of nitrogens with zero attached hydrogens (tertiary/aromatic N) is 5. The lowest BCUT2D eigenvalue weighted by Gasteiger charge is -2.16. The predicted molar refractivity (Wildman–Crippen MR) is 178 cm³/mol. The maximum absolute atomic E-state index is 12.5. The zero-order chi connectivity index (χ0) is 32.7. The van der Waals surface area contributed by atoms with Crippen molar-refractivity contribution in [3.8, 4) is 11.4 Å². The van der Waals surface area contributed by atoms with Crippen molar-refractivity contribution in [2.24, 2.45) is 16.8 Å². The van der Waals surface area contributed by atoms with Gasteiger partial charge in [-0.25, -0.2) is 0 Å². The highest BCUT2D eigenvalue weighted by atomic mass is 16.6. The summed E-state index contributed by atoms with van der Waals surface area (Å²) in [4.78, 5) is 17.2. The maximum atomic E-state index is 12.5. The summed E-state index contributed by atoms with van der Waals surface area (Å²) in [6, 6.07) is 7.95. The Morgan fingerprint density at radius 1 is 0.783 bits per heavy atom. The average molecular weight is 642 g/mol. The Morgan fingerprint density at radius 2 is 1.30 bits per heavy atom. The molecule has 1 aromatic carbocycles. The largest absolute Gasteiger partial charge is 0.379 e. The molecule has 46 heavy (non-hydrogen) atoms. The van der Waals surface area contributed by atoms with E-state index in [1.165, 1.54) is 32.1 Å². The number of ketones is 1. The van der Waals surface area contributed by atoms with Crippen molar-refractivity contribution in [3.63, 3.8) is 0 Å². The van der Waals surface area contributed by atoms with Crippen LogP contribution in [-0.4, -0.2) is 98.0 Å². The van der Waals surface area contributed by atoms with Crippen molar-refractivity contribution in [1.82, 2.24) is 20.4 Å². The first-order valence-electron chi connectivity index (χ1n) is 17.1. The summed E-state index contributed by atoms with van der Waals surface area (Å²) in [6.45, 7) is 11.7. The topological polar surface area (TPSA) is 127 Å². The number of rotatable bonds is 26. The second-order valence-electron chi connectivity index (χ2n) is 11.9. The van der Waals surface area contributed by atoms with Gasteiger partial charge in [0, 0.05) is 30.0 Å². The summed E-state index contributed by atoms with van der Waals surface area (Å²) in [5.41, 5.74) is 3.03. The first-order chi connectivity index (χ1) is 22.5.